The van der Waals surface area contributed by atoms with Gasteiger partial charge in [0.25, 0.3) is 5.95 Å². The highest BCUT2D eigenvalue weighted by molar-refractivity contribution is 5.78. The minimum atomic E-state index is -0.610. The van der Waals surface area contributed by atoms with Crippen LogP contribution >= 0.6 is 0 Å². The maximum absolute atomic E-state index is 13.0. The minimum Gasteiger partial charge on any atom is -0.425 e. The number of fused-ring (bicyclic) bond motifs is 2. The zero-order valence-electron chi connectivity index (χ0n) is 12.5. The summed E-state index contributed by atoms with van der Waals surface area (Å²) in [5.41, 5.74) is 7.38. The van der Waals surface area contributed by atoms with E-state index in [1.165, 1.54) is 0 Å². The van der Waals surface area contributed by atoms with Gasteiger partial charge in [0.05, 0.1) is 16.9 Å². The second kappa shape index (κ2) is 5.28. The van der Waals surface area contributed by atoms with Crippen LogP contribution in [0.2, 0.25) is 0 Å². The zero-order valence-corrected chi connectivity index (χ0v) is 12.5. The van der Waals surface area contributed by atoms with Crippen LogP contribution in [0.5, 0.6) is 5.95 Å². The molecule has 4 rings (SSSR count). The number of hydrogen-bond donors (Lipinski definition) is 1. The molecule has 0 saturated heterocycles. The Kier molecular flexibility index (Phi) is 3.10. The molecule has 0 amide bonds. The molecule has 1 unspecified atom stereocenters. The summed E-state index contributed by atoms with van der Waals surface area (Å²) in [6, 6.07) is 18.2. The van der Waals surface area contributed by atoms with E-state index in [2.05, 4.69) is 6.07 Å². The number of ether oxygens (including phenoxy) is 1. The molecule has 1 aromatic heterocycles. The van der Waals surface area contributed by atoms with Gasteiger partial charge >= 0.3 is 0 Å². The molecule has 0 saturated carbocycles. The van der Waals surface area contributed by atoms with Crippen molar-refractivity contribution in [3.63, 3.8) is 0 Å². The van der Waals surface area contributed by atoms with Gasteiger partial charge in [0, 0.05) is 0 Å². The first kappa shape index (κ1) is 14.1. The van der Waals surface area contributed by atoms with E-state index in [0.29, 0.717) is 16.5 Å². The van der Waals surface area contributed by atoms with E-state index < -0.39 is 5.92 Å². The molecule has 0 aliphatic carbocycles. The summed E-state index contributed by atoms with van der Waals surface area (Å²) in [5, 5.41) is 9.97. The predicted octanol–water partition coefficient (Wildman–Crippen LogP) is 3.01. The van der Waals surface area contributed by atoms with Gasteiger partial charge in [-0.1, -0.05) is 42.5 Å². The molecule has 1 aliphatic heterocycles. The number of benzene rings is 2. The summed E-state index contributed by atoms with van der Waals surface area (Å²) in [5.74, 6) is -0.609. The standard InChI is InChI=1S/C19H12N2O3/c20-10-13-15(11-6-2-1-3-7-11)16-17(22)12-8-4-5-9-14(12)23-19(16)24-18(13)21/h1-9,15H,21H2. The van der Waals surface area contributed by atoms with Crippen LogP contribution in [0.25, 0.3) is 11.0 Å². The third-order valence-electron chi connectivity index (χ3n) is 4.10. The van der Waals surface area contributed by atoms with E-state index in [9.17, 15) is 10.1 Å². The second-order valence-corrected chi connectivity index (χ2v) is 5.46. The molecule has 0 spiro atoms. The average Bonchev–Trinajstić information content (AvgIpc) is 2.61. The molecular weight excluding hydrogens is 304 g/mol. The van der Waals surface area contributed by atoms with Crippen LogP contribution in [0, 0.1) is 11.3 Å². The summed E-state index contributed by atoms with van der Waals surface area (Å²) in [6.07, 6.45) is 0. The van der Waals surface area contributed by atoms with Crippen molar-refractivity contribution in [1.82, 2.24) is 0 Å². The van der Waals surface area contributed by atoms with Gasteiger partial charge < -0.3 is 14.9 Å². The van der Waals surface area contributed by atoms with Crippen molar-refractivity contribution in [3.05, 3.63) is 87.4 Å². The smallest absolute Gasteiger partial charge is 0.300 e. The van der Waals surface area contributed by atoms with Crippen molar-refractivity contribution in [2.45, 2.75) is 5.92 Å². The van der Waals surface area contributed by atoms with E-state index in [0.717, 1.165) is 5.56 Å². The molecule has 5 nitrogen and oxygen atoms in total. The lowest BCUT2D eigenvalue weighted by Crippen LogP contribution is -2.26. The summed E-state index contributed by atoms with van der Waals surface area (Å²) in [4.78, 5) is 13.0. The monoisotopic (exact) mass is 316 g/mol. The van der Waals surface area contributed by atoms with E-state index in [1.54, 1.807) is 24.3 Å². The summed E-state index contributed by atoms with van der Waals surface area (Å²) < 4.78 is 11.2. The largest absolute Gasteiger partial charge is 0.425 e. The summed E-state index contributed by atoms with van der Waals surface area (Å²) in [6.45, 7) is 0. The van der Waals surface area contributed by atoms with E-state index in [1.807, 2.05) is 30.3 Å². The molecule has 0 radical (unpaired) electrons. The highest BCUT2D eigenvalue weighted by atomic mass is 16.6. The van der Waals surface area contributed by atoms with Crippen molar-refractivity contribution in [2.24, 2.45) is 5.73 Å². The number of para-hydroxylation sites is 1. The van der Waals surface area contributed by atoms with Gasteiger partial charge in [0.2, 0.25) is 11.3 Å². The normalized spacial score (nSPS) is 16.4. The minimum absolute atomic E-state index is 0.0442. The average molecular weight is 316 g/mol. The lowest BCUT2D eigenvalue weighted by atomic mass is 9.84. The van der Waals surface area contributed by atoms with E-state index in [-0.39, 0.29) is 22.8 Å². The van der Waals surface area contributed by atoms with Crippen molar-refractivity contribution in [3.8, 4) is 12.0 Å². The highest BCUT2D eigenvalue weighted by Crippen LogP contribution is 2.41. The number of nitriles is 1. The lowest BCUT2D eigenvalue weighted by molar-refractivity contribution is 0.296. The van der Waals surface area contributed by atoms with Crippen LogP contribution in [0.1, 0.15) is 17.0 Å². The van der Waals surface area contributed by atoms with Crippen LogP contribution in [-0.4, -0.2) is 0 Å². The zero-order chi connectivity index (χ0) is 16.7. The Morgan fingerprint density at radius 1 is 1.04 bits per heavy atom. The Hall–Kier alpha value is -3.52. The number of nitrogens with zero attached hydrogens (tertiary/aromatic N) is 1. The fraction of sp³-hybridized carbons (Fsp3) is 0.0526. The third kappa shape index (κ3) is 1.97. The Morgan fingerprint density at radius 2 is 1.75 bits per heavy atom. The number of nitrogens with two attached hydrogens (primary N) is 1. The molecule has 3 aromatic rings. The Balaban J connectivity index is 2.09. The number of allylic oxidation sites excluding steroid dienone is 1. The van der Waals surface area contributed by atoms with Crippen molar-refractivity contribution >= 4 is 11.0 Å². The lowest BCUT2D eigenvalue weighted by Gasteiger charge is -2.24. The van der Waals surface area contributed by atoms with Gasteiger partial charge in [-0.3, -0.25) is 4.79 Å². The van der Waals surface area contributed by atoms with Crippen LogP contribution < -0.4 is 15.9 Å². The summed E-state index contributed by atoms with van der Waals surface area (Å²) in [7, 11) is 0. The third-order valence-corrected chi connectivity index (χ3v) is 4.10. The molecule has 0 bridgehead atoms. The molecule has 116 valence electrons. The molecule has 0 fully saturated rings. The van der Waals surface area contributed by atoms with Gasteiger partial charge in [0.1, 0.15) is 17.2 Å². The fourth-order valence-electron chi connectivity index (χ4n) is 3.00. The van der Waals surface area contributed by atoms with Crippen molar-refractivity contribution < 1.29 is 9.15 Å². The van der Waals surface area contributed by atoms with Gasteiger partial charge in [-0.05, 0) is 17.7 Å². The maximum atomic E-state index is 13.0. The molecule has 24 heavy (non-hydrogen) atoms. The predicted molar refractivity (Wildman–Crippen MR) is 88.2 cm³/mol. The van der Waals surface area contributed by atoms with E-state index in [4.69, 9.17) is 14.9 Å². The van der Waals surface area contributed by atoms with Crippen molar-refractivity contribution in [1.29, 1.82) is 5.26 Å². The van der Waals surface area contributed by atoms with Crippen LogP contribution in [0.15, 0.2) is 75.3 Å². The topological polar surface area (TPSA) is 89.2 Å². The SMILES string of the molecule is N#CC1=C(N)Oc2oc3ccccc3c(=O)c2C1c1ccccc1. The van der Waals surface area contributed by atoms with Crippen LogP contribution in [0.4, 0.5) is 0 Å². The molecule has 2 N–H and O–H groups in total. The first-order valence-corrected chi connectivity index (χ1v) is 7.39. The first-order chi connectivity index (χ1) is 11.7. The first-order valence-electron chi connectivity index (χ1n) is 7.39. The van der Waals surface area contributed by atoms with Gasteiger partial charge in [-0.25, -0.2) is 0 Å². The van der Waals surface area contributed by atoms with Crippen molar-refractivity contribution in [2.75, 3.05) is 0 Å². The quantitative estimate of drug-likeness (QED) is 0.745. The molecular formula is C19H12N2O3. The Labute approximate surface area is 137 Å². The second-order valence-electron chi connectivity index (χ2n) is 5.46. The Morgan fingerprint density at radius 3 is 2.50 bits per heavy atom. The van der Waals surface area contributed by atoms with Crippen LogP contribution in [0.3, 0.4) is 0 Å². The molecule has 1 aliphatic rings. The molecule has 1 atom stereocenters. The van der Waals surface area contributed by atoms with Crippen LogP contribution in [-0.2, 0) is 0 Å². The van der Waals surface area contributed by atoms with Gasteiger partial charge in [-0.2, -0.15) is 5.26 Å². The highest BCUT2D eigenvalue weighted by Gasteiger charge is 2.35. The Bertz CT molecular complexity index is 1080. The fourth-order valence-corrected chi connectivity index (χ4v) is 3.00. The maximum Gasteiger partial charge on any atom is 0.300 e. The number of hydrogen-bond acceptors (Lipinski definition) is 5. The number of rotatable bonds is 1. The van der Waals surface area contributed by atoms with Gasteiger partial charge in [-0.15, -0.1) is 0 Å². The molecule has 2 heterocycles. The molecule has 2 aromatic carbocycles. The van der Waals surface area contributed by atoms with E-state index >= 15 is 0 Å². The molecule has 5 heteroatoms. The van der Waals surface area contributed by atoms with Gasteiger partial charge in [0.15, 0.2) is 0 Å². The summed E-state index contributed by atoms with van der Waals surface area (Å²) >= 11 is 0.